The van der Waals surface area contributed by atoms with Gasteiger partial charge in [-0.2, -0.15) is 0 Å². The maximum absolute atomic E-state index is 12.1. The lowest BCUT2D eigenvalue weighted by atomic mass is 10.0. The van der Waals surface area contributed by atoms with E-state index in [1.807, 2.05) is 0 Å². The molecule has 1 aromatic rings. The molecular formula is C11H13N3O4. The van der Waals surface area contributed by atoms with Crippen LogP contribution in [0.1, 0.15) is 10.4 Å². The van der Waals surface area contributed by atoms with Gasteiger partial charge in [0.2, 0.25) is 0 Å². The van der Waals surface area contributed by atoms with Crippen LogP contribution in [0.3, 0.4) is 0 Å². The number of ether oxygens (including phenoxy) is 1. The van der Waals surface area contributed by atoms with E-state index in [0.29, 0.717) is 5.56 Å². The van der Waals surface area contributed by atoms with Gasteiger partial charge in [0.05, 0.1) is 24.8 Å². The van der Waals surface area contributed by atoms with Crippen molar-refractivity contribution < 1.29 is 19.4 Å². The number of aliphatic carboxylic acids is 1. The number of aromatic nitrogens is 2. The number of nitrogens with zero attached hydrogens (tertiary/aromatic N) is 3. The standard InChI is InChI=1S/C11H13N3O4/c1-14(9-5-18-4-8(9)11(16)17)10(15)7-2-12-6-13-3-7/h2-3,6,8-9H,4-5H2,1H3,(H,16,17). The van der Waals surface area contributed by atoms with Gasteiger partial charge in [-0.3, -0.25) is 9.59 Å². The zero-order valence-electron chi connectivity index (χ0n) is 9.81. The Kier molecular flexibility index (Phi) is 3.52. The summed E-state index contributed by atoms with van der Waals surface area (Å²) in [5, 5.41) is 9.04. The number of carbonyl (C=O) groups is 2. The average Bonchev–Trinajstić information content (AvgIpc) is 2.87. The average molecular weight is 251 g/mol. The van der Waals surface area contributed by atoms with Crippen LogP contribution < -0.4 is 0 Å². The van der Waals surface area contributed by atoms with E-state index in [-0.39, 0.29) is 19.1 Å². The predicted molar refractivity (Wildman–Crippen MR) is 59.9 cm³/mol. The Hall–Kier alpha value is -2.02. The summed E-state index contributed by atoms with van der Waals surface area (Å²) < 4.78 is 5.13. The fourth-order valence-corrected chi connectivity index (χ4v) is 1.92. The second-order valence-electron chi connectivity index (χ2n) is 4.09. The number of amides is 1. The van der Waals surface area contributed by atoms with E-state index in [2.05, 4.69) is 9.97 Å². The molecule has 2 heterocycles. The van der Waals surface area contributed by atoms with E-state index in [1.165, 1.54) is 23.6 Å². The highest BCUT2D eigenvalue weighted by Gasteiger charge is 2.38. The van der Waals surface area contributed by atoms with E-state index >= 15 is 0 Å². The summed E-state index contributed by atoms with van der Waals surface area (Å²) in [6.07, 6.45) is 4.13. The van der Waals surface area contributed by atoms with Crippen LogP contribution in [0.25, 0.3) is 0 Å². The third kappa shape index (κ3) is 2.30. The first-order valence-corrected chi connectivity index (χ1v) is 5.44. The molecule has 0 saturated carbocycles. The van der Waals surface area contributed by atoms with Gasteiger partial charge in [0.25, 0.3) is 5.91 Å². The molecule has 96 valence electrons. The van der Waals surface area contributed by atoms with Crippen LogP contribution in [-0.2, 0) is 9.53 Å². The molecule has 2 rings (SSSR count). The van der Waals surface area contributed by atoms with Crippen LogP contribution in [0.5, 0.6) is 0 Å². The van der Waals surface area contributed by atoms with Gasteiger partial charge < -0.3 is 14.7 Å². The van der Waals surface area contributed by atoms with Gasteiger partial charge in [-0.1, -0.05) is 0 Å². The third-order valence-corrected chi connectivity index (χ3v) is 2.99. The monoisotopic (exact) mass is 251 g/mol. The Bertz CT molecular complexity index is 451. The van der Waals surface area contributed by atoms with Crippen molar-refractivity contribution in [1.82, 2.24) is 14.9 Å². The molecule has 1 aromatic heterocycles. The maximum Gasteiger partial charge on any atom is 0.311 e. The Morgan fingerprint density at radius 1 is 1.39 bits per heavy atom. The molecule has 0 aliphatic carbocycles. The van der Waals surface area contributed by atoms with Gasteiger partial charge in [-0.25, -0.2) is 9.97 Å². The molecule has 0 radical (unpaired) electrons. The Labute approximate surface area is 103 Å². The zero-order valence-corrected chi connectivity index (χ0v) is 9.81. The summed E-state index contributed by atoms with van der Waals surface area (Å²) in [7, 11) is 1.56. The lowest BCUT2D eigenvalue weighted by molar-refractivity contribution is -0.142. The van der Waals surface area contributed by atoms with Gasteiger partial charge >= 0.3 is 5.97 Å². The Balaban J connectivity index is 2.14. The van der Waals surface area contributed by atoms with Gasteiger partial charge in [0.1, 0.15) is 12.2 Å². The number of hydrogen-bond acceptors (Lipinski definition) is 5. The summed E-state index contributed by atoms with van der Waals surface area (Å²) in [5.41, 5.74) is 0.330. The highest BCUT2D eigenvalue weighted by Crippen LogP contribution is 2.20. The molecule has 1 fully saturated rings. The van der Waals surface area contributed by atoms with Gasteiger partial charge in [-0.05, 0) is 0 Å². The normalized spacial score (nSPS) is 22.7. The number of carboxylic acids is 1. The second-order valence-corrected chi connectivity index (χ2v) is 4.09. The number of hydrogen-bond donors (Lipinski definition) is 1. The van der Waals surface area contributed by atoms with Crippen molar-refractivity contribution in [3.05, 3.63) is 24.3 Å². The van der Waals surface area contributed by atoms with Crippen molar-refractivity contribution in [3.8, 4) is 0 Å². The van der Waals surface area contributed by atoms with E-state index in [0.717, 1.165) is 0 Å². The van der Waals surface area contributed by atoms with Crippen LogP contribution in [0.4, 0.5) is 0 Å². The van der Waals surface area contributed by atoms with Gasteiger partial charge in [0.15, 0.2) is 0 Å². The minimum absolute atomic E-state index is 0.128. The van der Waals surface area contributed by atoms with Crippen LogP contribution in [0, 0.1) is 5.92 Å². The molecule has 0 bridgehead atoms. The molecule has 1 aliphatic heterocycles. The van der Waals surface area contributed by atoms with E-state index in [4.69, 9.17) is 9.84 Å². The summed E-state index contributed by atoms with van der Waals surface area (Å²) in [6, 6.07) is -0.463. The fraction of sp³-hybridized carbons (Fsp3) is 0.455. The van der Waals surface area contributed by atoms with Crippen molar-refractivity contribution in [2.45, 2.75) is 6.04 Å². The zero-order chi connectivity index (χ0) is 13.1. The SMILES string of the molecule is CN(C(=O)c1cncnc1)C1COCC1C(=O)O. The lowest BCUT2D eigenvalue weighted by Crippen LogP contribution is -2.44. The van der Waals surface area contributed by atoms with Crippen molar-refractivity contribution >= 4 is 11.9 Å². The lowest BCUT2D eigenvalue weighted by Gasteiger charge is -2.26. The Morgan fingerprint density at radius 2 is 2.06 bits per heavy atom. The highest BCUT2D eigenvalue weighted by molar-refractivity contribution is 5.94. The molecule has 1 amide bonds. The Morgan fingerprint density at radius 3 is 2.67 bits per heavy atom. The molecule has 1 N–H and O–H groups in total. The van der Waals surface area contributed by atoms with Gasteiger partial charge in [0, 0.05) is 19.4 Å². The van der Waals surface area contributed by atoms with E-state index in [1.54, 1.807) is 7.05 Å². The first kappa shape index (κ1) is 12.4. The van der Waals surface area contributed by atoms with Crippen LogP contribution in [0.2, 0.25) is 0 Å². The minimum Gasteiger partial charge on any atom is -0.481 e. The van der Waals surface area contributed by atoms with Crippen LogP contribution in [-0.4, -0.2) is 58.2 Å². The van der Waals surface area contributed by atoms with Gasteiger partial charge in [-0.15, -0.1) is 0 Å². The van der Waals surface area contributed by atoms with Crippen molar-refractivity contribution in [3.63, 3.8) is 0 Å². The van der Waals surface area contributed by atoms with E-state index < -0.39 is 17.9 Å². The number of likely N-dealkylation sites (N-methyl/N-ethyl adjacent to an activating group) is 1. The molecule has 7 heteroatoms. The highest BCUT2D eigenvalue weighted by atomic mass is 16.5. The largest absolute Gasteiger partial charge is 0.481 e. The third-order valence-electron chi connectivity index (χ3n) is 2.99. The first-order chi connectivity index (χ1) is 8.61. The molecule has 18 heavy (non-hydrogen) atoms. The molecule has 0 spiro atoms. The molecule has 7 nitrogen and oxygen atoms in total. The number of carboxylic acid groups (broad SMARTS) is 1. The summed E-state index contributed by atoms with van der Waals surface area (Å²) in [5.74, 6) is -1.96. The quantitative estimate of drug-likeness (QED) is 0.789. The number of carbonyl (C=O) groups excluding carboxylic acids is 1. The summed E-state index contributed by atoms with van der Waals surface area (Å²) in [4.78, 5) is 32.0. The van der Waals surface area contributed by atoms with Crippen LogP contribution >= 0.6 is 0 Å². The second kappa shape index (κ2) is 5.09. The number of rotatable bonds is 3. The summed E-state index contributed by atoms with van der Waals surface area (Å²) in [6.45, 7) is 0.357. The van der Waals surface area contributed by atoms with Crippen LogP contribution in [0.15, 0.2) is 18.7 Å². The van der Waals surface area contributed by atoms with Crippen molar-refractivity contribution in [2.75, 3.05) is 20.3 Å². The predicted octanol–water partition coefficient (Wildman–Crippen LogP) is -0.352. The topological polar surface area (TPSA) is 92.6 Å². The smallest absolute Gasteiger partial charge is 0.311 e. The molecular weight excluding hydrogens is 238 g/mol. The van der Waals surface area contributed by atoms with Crippen molar-refractivity contribution in [2.24, 2.45) is 5.92 Å². The molecule has 1 aliphatic rings. The first-order valence-electron chi connectivity index (χ1n) is 5.44. The molecule has 2 atom stereocenters. The van der Waals surface area contributed by atoms with Crippen molar-refractivity contribution in [1.29, 1.82) is 0 Å². The molecule has 0 aromatic carbocycles. The van der Waals surface area contributed by atoms with E-state index in [9.17, 15) is 9.59 Å². The minimum atomic E-state index is -0.957. The molecule has 1 saturated heterocycles. The maximum atomic E-state index is 12.1. The fourth-order valence-electron chi connectivity index (χ4n) is 1.92. The summed E-state index contributed by atoms with van der Waals surface area (Å²) >= 11 is 0. The molecule has 2 unspecified atom stereocenters.